The molecule has 0 aliphatic carbocycles. The second-order valence-electron chi connectivity index (χ2n) is 4.15. The van der Waals surface area contributed by atoms with Gasteiger partial charge in [-0.05, 0) is 37.5 Å². The van der Waals surface area contributed by atoms with Gasteiger partial charge in [-0.3, -0.25) is 0 Å². The molecule has 3 nitrogen and oxygen atoms in total. The van der Waals surface area contributed by atoms with E-state index in [9.17, 15) is 0 Å². The normalized spacial score (nSPS) is 14.7. The van der Waals surface area contributed by atoms with Crippen LogP contribution in [0.4, 0.5) is 0 Å². The molecule has 1 aromatic rings. The second-order valence-corrected chi connectivity index (χ2v) is 4.15. The lowest BCUT2D eigenvalue weighted by molar-refractivity contribution is 0.245. The maximum atomic E-state index is 8.86. The third kappa shape index (κ3) is 3.90. The van der Waals surface area contributed by atoms with Crippen LogP contribution in [0.15, 0.2) is 24.3 Å². The highest BCUT2D eigenvalue weighted by Crippen LogP contribution is 2.17. The largest absolute Gasteiger partial charge is 0.497 e. The summed E-state index contributed by atoms with van der Waals surface area (Å²) in [6.07, 6.45) is 1.37. The van der Waals surface area contributed by atoms with Crippen LogP contribution in [0.5, 0.6) is 5.75 Å². The molecule has 0 radical (unpaired) electrons. The monoisotopic (exact) mass is 209 g/mol. The van der Waals surface area contributed by atoms with E-state index < -0.39 is 0 Å². The molecule has 0 aromatic heterocycles. The van der Waals surface area contributed by atoms with Gasteiger partial charge in [0.2, 0.25) is 0 Å². The fourth-order valence-electron chi connectivity index (χ4n) is 1.55. The number of hydrogen-bond donors (Lipinski definition) is 2. The summed E-state index contributed by atoms with van der Waals surface area (Å²) < 4.78 is 5.08. The Kier molecular flexibility index (Phi) is 4.12. The van der Waals surface area contributed by atoms with E-state index in [0.717, 1.165) is 17.7 Å². The van der Waals surface area contributed by atoms with Gasteiger partial charge in [0.1, 0.15) is 5.75 Å². The van der Waals surface area contributed by atoms with Crippen LogP contribution >= 0.6 is 0 Å². The molecule has 0 aliphatic rings. The lowest BCUT2D eigenvalue weighted by atomic mass is 9.91. The Balaban J connectivity index is 2.64. The summed E-state index contributed by atoms with van der Waals surface area (Å²) in [5, 5.41) is 8.86. The van der Waals surface area contributed by atoms with Gasteiger partial charge in [0, 0.05) is 12.1 Å². The van der Waals surface area contributed by atoms with E-state index in [1.165, 1.54) is 0 Å². The fourth-order valence-corrected chi connectivity index (χ4v) is 1.55. The first-order valence-electron chi connectivity index (χ1n) is 5.10. The fraction of sp³-hybridized carbons (Fsp3) is 0.500. The zero-order valence-corrected chi connectivity index (χ0v) is 9.36. The first kappa shape index (κ1) is 12.0. The number of methoxy groups -OCH3 is 1. The first-order valence-corrected chi connectivity index (χ1v) is 5.10. The van der Waals surface area contributed by atoms with Crippen molar-refractivity contribution in [2.24, 2.45) is 5.73 Å². The van der Waals surface area contributed by atoms with Crippen LogP contribution in [-0.2, 0) is 6.42 Å². The lowest BCUT2D eigenvalue weighted by Gasteiger charge is -2.23. The highest BCUT2D eigenvalue weighted by atomic mass is 16.5. The van der Waals surface area contributed by atoms with Crippen LogP contribution in [0.3, 0.4) is 0 Å². The summed E-state index contributed by atoms with van der Waals surface area (Å²) in [7, 11) is 1.65. The number of nitrogens with two attached hydrogens (primary N) is 1. The van der Waals surface area contributed by atoms with Crippen LogP contribution in [0.2, 0.25) is 0 Å². The van der Waals surface area contributed by atoms with E-state index in [2.05, 4.69) is 0 Å². The van der Waals surface area contributed by atoms with Crippen LogP contribution in [0, 0.1) is 0 Å². The summed E-state index contributed by atoms with van der Waals surface area (Å²) in [5.74, 6) is 0.847. The third-order valence-corrected chi connectivity index (χ3v) is 2.45. The molecule has 1 atom stereocenters. The van der Waals surface area contributed by atoms with E-state index >= 15 is 0 Å². The minimum Gasteiger partial charge on any atom is -0.497 e. The van der Waals surface area contributed by atoms with Gasteiger partial charge < -0.3 is 15.6 Å². The van der Waals surface area contributed by atoms with Crippen molar-refractivity contribution in [3.63, 3.8) is 0 Å². The summed E-state index contributed by atoms with van der Waals surface area (Å²) >= 11 is 0. The molecular formula is C12H19NO2. The molecule has 0 fully saturated rings. The molecular weight excluding hydrogens is 190 g/mol. The van der Waals surface area contributed by atoms with Crippen molar-refractivity contribution in [3.8, 4) is 5.75 Å². The van der Waals surface area contributed by atoms with E-state index in [0.29, 0.717) is 6.42 Å². The Morgan fingerprint density at radius 1 is 1.33 bits per heavy atom. The van der Waals surface area contributed by atoms with Crippen LogP contribution in [-0.4, -0.2) is 24.4 Å². The Labute approximate surface area is 90.9 Å². The molecule has 0 spiro atoms. The Bertz CT molecular complexity index is 293. The SMILES string of the molecule is COc1ccc(CC(C)(N)CCO)cc1. The average Bonchev–Trinajstić information content (AvgIpc) is 2.18. The quantitative estimate of drug-likeness (QED) is 0.769. The minimum absolute atomic E-state index is 0.128. The minimum atomic E-state index is -0.344. The average molecular weight is 209 g/mol. The van der Waals surface area contributed by atoms with Gasteiger partial charge in [-0.25, -0.2) is 0 Å². The molecule has 1 unspecified atom stereocenters. The summed E-state index contributed by atoms with van der Waals surface area (Å²) in [4.78, 5) is 0. The third-order valence-electron chi connectivity index (χ3n) is 2.45. The molecule has 0 heterocycles. The van der Waals surface area contributed by atoms with Gasteiger partial charge in [-0.1, -0.05) is 12.1 Å². The molecule has 15 heavy (non-hydrogen) atoms. The van der Waals surface area contributed by atoms with E-state index in [-0.39, 0.29) is 12.1 Å². The van der Waals surface area contributed by atoms with Crippen LogP contribution < -0.4 is 10.5 Å². The van der Waals surface area contributed by atoms with Gasteiger partial charge >= 0.3 is 0 Å². The predicted octanol–water partition coefficient (Wildman–Crippen LogP) is 1.34. The highest BCUT2D eigenvalue weighted by molar-refractivity contribution is 5.28. The lowest BCUT2D eigenvalue weighted by Crippen LogP contribution is -2.39. The smallest absolute Gasteiger partial charge is 0.118 e. The number of ether oxygens (including phenoxy) is 1. The Hall–Kier alpha value is -1.06. The molecule has 0 bridgehead atoms. The van der Waals surface area contributed by atoms with Crippen molar-refractivity contribution in [3.05, 3.63) is 29.8 Å². The van der Waals surface area contributed by atoms with Gasteiger partial charge in [0.05, 0.1) is 7.11 Å². The molecule has 3 heteroatoms. The Morgan fingerprint density at radius 2 is 1.93 bits per heavy atom. The van der Waals surface area contributed by atoms with Crippen molar-refractivity contribution < 1.29 is 9.84 Å². The van der Waals surface area contributed by atoms with Gasteiger partial charge in [-0.2, -0.15) is 0 Å². The summed E-state index contributed by atoms with van der Waals surface area (Å²) in [5.41, 5.74) is 6.86. The predicted molar refractivity (Wildman–Crippen MR) is 61.0 cm³/mol. The molecule has 3 N–H and O–H groups in total. The number of hydrogen-bond acceptors (Lipinski definition) is 3. The van der Waals surface area contributed by atoms with E-state index in [1.807, 2.05) is 31.2 Å². The molecule has 84 valence electrons. The maximum absolute atomic E-state index is 8.86. The van der Waals surface area contributed by atoms with Crippen LogP contribution in [0.1, 0.15) is 18.9 Å². The molecule has 0 amide bonds. The zero-order chi connectivity index (χ0) is 11.3. The highest BCUT2D eigenvalue weighted by Gasteiger charge is 2.17. The summed E-state index contributed by atoms with van der Waals surface area (Å²) in [6, 6.07) is 7.84. The van der Waals surface area contributed by atoms with Crippen molar-refractivity contribution in [1.29, 1.82) is 0 Å². The molecule has 0 aliphatic heterocycles. The molecule has 1 aromatic carbocycles. The van der Waals surface area contributed by atoms with Crippen molar-refractivity contribution in [2.45, 2.75) is 25.3 Å². The molecule has 0 saturated carbocycles. The van der Waals surface area contributed by atoms with Gasteiger partial charge in [0.15, 0.2) is 0 Å². The van der Waals surface area contributed by atoms with Gasteiger partial charge in [-0.15, -0.1) is 0 Å². The van der Waals surface area contributed by atoms with E-state index in [1.54, 1.807) is 7.11 Å². The molecule has 0 saturated heterocycles. The zero-order valence-electron chi connectivity index (χ0n) is 9.36. The Morgan fingerprint density at radius 3 is 2.40 bits per heavy atom. The maximum Gasteiger partial charge on any atom is 0.118 e. The van der Waals surface area contributed by atoms with Gasteiger partial charge in [0.25, 0.3) is 0 Å². The first-order chi connectivity index (χ1) is 7.07. The summed E-state index contributed by atoms with van der Waals surface area (Å²) in [6.45, 7) is 2.08. The van der Waals surface area contributed by atoms with Crippen molar-refractivity contribution >= 4 is 0 Å². The molecule has 1 rings (SSSR count). The topological polar surface area (TPSA) is 55.5 Å². The van der Waals surface area contributed by atoms with E-state index in [4.69, 9.17) is 15.6 Å². The van der Waals surface area contributed by atoms with Crippen molar-refractivity contribution in [2.75, 3.05) is 13.7 Å². The van der Waals surface area contributed by atoms with Crippen molar-refractivity contribution in [1.82, 2.24) is 0 Å². The standard InChI is InChI=1S/C12H19NO2/c1-12(13,7-8-14)9-10-3-5-11(15-2)6-4-10/h3-6,14H,7-9,13H2,1-2H3. The number of aliphatic hydroxyl groups is 1. The van der Waals surface area contributed by atoms with Crippen LogP contribution in [0.25, 0.3) is 0 Å². The number of aliphatic hydroxyl groups excluding tert-OH is 1. The number of benzene rings is 1. The second kappa shape index (κ2) is 5.14. The number of rotatable bonds is 5.